The number of carbonyl (C=O) groups excluding carboxylic acids is 2. The molecule has 4 aromatic carbocycles. The van der Waals surface area contributed by atoms with Crippen LogP contribution in [0.4, 0.5) is 5.69 Å². The van der Waals surface area contributed by atoms with Gasteiger partial charge in [0.1, 0.15) is 12.6 Å². The lowest BCUT2D eigenvalue weighted by molar-refractivity contribution is -0.140. The van der Waals surface area contributed by atoms with Gasteiger partial charge in [0.15, 0.2) is 0 Å². The van der Waals surface area contributed by atoms with Gasteiger partial charge < -0.3 is 10.2 Å². The van der Waals surface area contributed by atoms with Gasteiger partial charge in [-0.25, -0.2) is 8.42 Å². The average molecular weight is 660 g/mol. The molecule has 0 aliphatic heterocycles. The Morgan fingerprint density at radius 1 is 0.804 bits per heavy atom. The predicted octanol–water partition coefficient (Wildman–Crippen LogP) is 6.87. The summed E-state index contributed by atoms with van der Waals surface area (Å²) >= 11 is 6.32. The maximum Gasteiger partial charge on any atom is 0.264 e. The number of rotatable bonds is 13. The Labute approximate surface area is 278 Å². The quantitative estimate of drug-likeness (QED) is 0.170. The van der Waals surface area contributed by atoms with E-state index in [0.29, 0.717) is 17.3 Å². The molecule has 0 saturated carbocycles. The molecule has 2 amide bonds. The fraction of sp³-hybridized carbons (Fsp3) is 0.297. The first-order valence-corrected chi connectivity index (χ1v) is 17.2. The molecule has 242 valence electrons. The highest BCUT2D eigenvalue weighted by molar-refractivity contribution is 7.92. The van der Waals surface area contributed by atoms with Crippen LogP contribution in [0.25, 0.3) is 0 Å². The Kier molecular flexibility index (Phi) is 11.7. The van der Waals surface area contributed by atoms with Gasteiger partial charge in [-0.2, -0.15) is 0 Å². The lowest BCUT2D eigenvalue weighted by Gasteiger charge is -2.34. The average Bonchev–Trinajstić information content (AvgIpc) is 3.02. The van der Waals surface area contributed by atoms with E-state index in [-0.39, 0.29) is 29.7 Å². The van der Waals surface area contributed by atoms with Gasteiger partial charge in [-0.1, -0.05) is 91.7 Å². The van der Waals surface area contributed by atoms with Crippen molar-refractivity contribution in [2.75, 3.05) is 17.4 Å². The number of hydrogen-bond acceptors (Lipinski definition) is 4. The smallest absolute Gasteiger partial charge is 0.264 e. The van der Waals surface area contributed by atoms with Gasteiger partial charge in [0.05, 0.1) is 10.6 Å². The summed E-state index contributed by atoms with van der Waals surface area (Å²) in [5, 5.41) is 3.50. The zero-order valence-corrected chi connectivity index (χ0v) is 28.6. The van der Waals surface area contributed by atoms with E-state index in [1.807, 2.05) is 77.1 Å². The minimum Gasteiger partial charge on any atom is -0.354 e. The minimum atomic E-state index is -4.17. The molecule has 0 heterocycles. The van der Waals surface area contributed by atoms with Gasteiger partial charge in [0, 0.05) is 24.5 Å². The number of aryl methyl sites for hydroxylation is 3. The molecule has 0 aliphatic carbocycles. The van der Waals surface area contributed by atoms with Crippen molar-refractivity contribution in [2.45, 2.75) is 58.5 Å². The van der Waals surface area contributed by atoms with Crippen LogP contribution < -0.4 is 9.62 Å². The summed E-state index contributed by atoms with van der Waals surface area (Å²) in [5.41, 5.74) is 4.75. The molecule has 0 radical (unpaired) electrons. The molecule has 1 atom stereocenters. The van der Waals surface area contributed by atoms with Crippen molar-refractivity contribution in [3.8, 4) is 0 Å². The van der Waals surface area contributed by atoms with Crippen LogP contribution in [0.5, 0.6) is 0 Å². The van der Waals surface area contributed by atoms with Crippen molar-refractivity contribution in [3.63, 3.8) is 0 Å². The Hall–Kier alpha value is -4.14. The first-order chi connectivity index (χ1) is 21.8. The molecule has 4 rings (SSSR count). The molecular formula is C37H42ClN3O4S. The summed E-state index contributed by atoms with van der Waals surface area (Å²) in [7, 11) is -4.17. The van der Waals surface area contributed by atoms with E-state index in [1.165, 1.54) is 4.90 Å². The Bertz CT molecular complexity index is 1760. The molecule has 4 aromatic rings. The summed E-state index contributed by atoms with van der Waals surface area (Å²) in [6, 6.07) is 27.5. The molecule has 0 aromatic heterocycles. The van der Waals surface area contributed by atoms with Crippen LogP contribution in [-0.2, 0) is 32.6 Å². The van der Waals surface area contributed by atoms with Gasteiger partial charge in [0.2, 0.25) is 11.8 Å². The summed E-state index contributed by atoms with van der Waals surface area (Å²) in [5.74, 6) is -0.639. The molecule has 9 heteroatoms. The van der Waals surface area contributed by atoms with Crippen molar-refractivity contribution in [2.24, 2.45) is 5.92 Å². The maximum atomic E-state index is 14.6. The molecule has 0 unspecified atom stereocenters. The van der Waals surface area contributed by atoms with Crippen LogP contribution >= 0.6 is 11.6 Å². The van der Waals surface area contributed by atoms with Crippen molar-refractivity contribution in [3.05, 3.63) is 130 Å². The number of halogens is 1. The van der Waals surface area contributed by atoms with E-state index >= 15 is 0 Å². The van der Waals surface area contributed by atoms with Crippen molar-refractivity contribution in [1.82, 2.24) is 10.2 Å². The van der Waals surface area contributed by atoms with Crippen LogP contribution in [0.3, 0.4) is 0 Å². The zero-order chi connectivity index (χ0) is 33.4. The van der Waals surface area contributed by atoms with Crippen LogP contribution in [0.15, 0.2) is 102 Å². The number of hydrogen-bond donors (Lipinski definition) is 1. The van der Waals surface area contributed by atoms with Crippen molar-refractivity contribution >= 4 is 39.1 Å². The Morgan fingerprint density at radius 2 is 1.48 bits per heavy atom. The summed E-state index contributed by atoms with van der Waals surface area (Å²) in [4.78, 5) is 30.0. The number of nitrogens with zero attached hydrogens (tertiary/aromatic N) is 2. The molecule has 0 aliphatic rings. The van der Waals surface area contributed by atoms with Crippen molar-refractivity contribution in [1.29, 1.82) is 0 Å². The summed E-state index contributed by atoms with van der Waals surface area (Å²) in [6.07, 6.45) is 0.241. The van der Waals surface area contributed by atoms with Crippen LogP contribution in [0.2, 0.25) is 5.02 Å². The first-order valence-electron chi connectivity index (χ1n) is 15.4. The first kappa shape index (κ1) is 34.7. The number of carbonyl (C=O) groups is 2. The van der Waals surface area contributed by atoms with Gasteiger partial charge in [-0.15, -0.1) is 0 Å². The van der Waals surface area contributed by atoms with Crippen molar-refractivity contribution < 1.29 is 18.0 Å². The Morgan fingerprint density at radius 3 is 2.11 bits per heavy atom. The number of anilines is 1. The Balaban J connectivity index is 1.82. The van der Waals surface area contributed by atoms with Gasteiger partial charge >= 0.3 is 0 Å². The normalized spacial score (nSPS) is 12.1. The highest BCUT2D eigenvalue weighted by atomic mass is 35.5. The fourth-order valence-electron chi connectivity index (χ4n) is 5.06. The lowest BCUT2D eigenvalue weighted by atomic mass is 10.0. The third-order valence-electron chi connectivity index (χ3n) is 7.86. The standard InChI is InChI=1S/C37H42ClN3O4S/c1-26(2)23-39-37(43)35(22-30-10-7-6-8-11-30)40(24-31-12-9-13-32(38)21-31)36(42)25-41(33-17-16-28(4)29(5)20-33)46(44,45)34-18-14-27(3)15-19-34/h6-21,26,35H,22-25H2,1-5H3,(H,39,43)/t35-/m0/s1. The second-order valence-electron chi connectivity index (χ2n) is 12.1. The molecule has 7 nitrogen and oxygen atoms in total. The van der Waals surface area contributed by atoms with E-state index in [4.69, 9.17) is 11.6 Å². The van der Waals surface area contributed by atoms with Crippen LogP contribution in [-0.4, -0.2) is 44.3 Å². The van der Waals surface area contributed by atoms with E-state index in [1.54, 1.807) is 54.6 Å². The second kappa shape index (κ2) is 15.4. The number of benzene rings is 4. The topological polar surface area (TPSA) is 86.8 Å². The zero-order valence-electron chi connectivity index (χ0n) is 27.0. The van der Waals surface area contributed by atoms with Gasteiger partial charge in [-0.3, -0.25) is 13.9 Å². The molecule has 0 fully saturated rings. The third-order valence-corrected chi connectivity index (χ3v) is 9.89. The molecule has 46 heavy (non-hydrogen) atoms. The molecular weight excluding hydrogens is 618 g/mol. The largest absolute Gasteiger partial charge is 0.354 e. The second-order valence-corrected chi connectivity index (χ2v) is 14.4. The third kappa shape index (κ3) is 8.98. The fourth-order valence-corrected chi connectivity index (χ4v) is 6.67. The monoisotopic (exact) mass is 659 g/mol. The highest BCUT2D eigenvalue weighted by Crippen LogP contribution is 2.27. The maximum absolute atomic E-state index is 14.6. The van der Waals surface area contributed by atoms with Gasteiger partial charge in [0.25, 0.3) is 10.0 Å². The molecule has 0 spiro atoms. The van der Waals surface area contributed by atoms with Crippen LogP contribution in [0, 0.1) is 26.7 Å². The number of sulfonamides is 1. The van der Waals surface area contributed by atoms with E-state index in [9.17, 15) is 18.0 Å². The van der Waals surface area contributed by atoms with E-state index in [0.717, 1.165) is 32.1 Å². The van der Waals surface area contributed by atoms with Crippen LogP contribution in [0.1, 0.15) is 41.7 Å². The number of nitrogens with one attached hydrogen (secondary N) is 1. The molecule has 0 saturated heterocycles. The van der Waals surface area contributed by atoms with E-state index < -0.39 is 28.5 Å². The molecule has 1 N–H and O–H groups in total. The lowest BCUT2D eigenvalue weighted by Crippen LogP contribution is -2.53. The highest BCUT2D eigenvalue weighted by Gasteiger charge is 2.34. The number of amides is 2. The summed E-state index contributed by atoms with van der Waals surface area (Å²) < 4.78 is 29.6. The predicted molar refractivity (Wildman–Crippen MR) is 185 cm³/mol. The van der Waals surface area contributed by atoms with Gasteiger partial charge in [-0.05, 0) is 85.3 Å². The SMILES string of the molecule is Cc1ccc(S(=O)(=O)N(CC(=O)N(Cc2cccc(Cl)c2)[C@@H](Cc2ccccc2)C(=O)NCC(C)C)c2ccc(C)c(C)c2)cc1. The van der Waals surface area contributed by atoms with E-state index in [2.05, 4.69) is 5.32 Å². The molecule has 0 bridgehead atoms. The minimum absolute atomic E-state index is 0.0529. The summed E-state index contributed by atoms with van der Waals surface area (Å²) in [6.45, 7) is 9.69.